The topological polar surface area (TPSA) is 41.5 Å². The molecule has 0 amide bonds. The van der Waals surface area contributed by atoms with Gasteiger partial charge in [-0.25, -0.2) is 0 Å². The van der Waals surface area contributed by atoms with Gasteiger partial charge in [-0.2, -0.15) is 0 Å². The number of aryl methyl sites for hydroxylation is 2. The van der Waals surface area contributed by atoms with Crippen LogP contribution >= 0.6 is 0 Å². The Bertz CT molecular complexity index is 408. The van der Waals surface area contributed by atoms with Crippen LogP contribution in [0.5, 0.6) is 5.75 Å². The summed E-state index contributed by atoms with van der Waals surface area (Å²) in [5.74, 6) is 0.868. The molecule has 0 fully saturated rings. The number of β-amino-alcohol motifs (C(OH)–C–C–N with tert-alkyl or cyclic N) is 1. The van der Waals surface area contributed by atoms with Gasteiger partial charge in [0.15, 0.2) is 0 Å². The second-order valence-electron chi connectivity index (χ2n) is 5.83. The lowest BCUT2D eigenvalue weighted by Crippen LogP contribution is -2.38. The molecule has 102 valence electrons. The average molecular weight is 251 g/mol. The fourth-order valence-corrected chi connectivity index (χ4v) is 1.90. The summed E-state index contributed by atoms with van der Waals surface area (Å²) in [6.07, 6.45) is -0.492. The molecule has 1 unspecified atom stereocenters. The molecule has 0 saturated carbocycles. The standard InChI is InChI=1S/C15H25NO2/c1-10-8-14(18-6)11(2)7-12(10)13(17)9-16-15(3,4)5/h7-8,13,16-17H,9H2,1-6H3. The summed E-state index contributed by atoms with van der Waals surface area (Å²) in [4.78, 5) is 0. The number of methoxy groups -OCH3 is 1. The molecule has 0 aromatic heterocycles. The second-order valence-corrected chi connectivity index (χ2v) is 5.83. The number of hydrogen-bond acceptors (Lipinski definition) is 3. The fraction of sp³-hybridized carbons (Fsp3) is 0.600. The zero-order valence-corrected chi connectivity index (χ0v) is 12.3. The molecule has 1 atom stereocenters. The van der Waals surface area contributed by atoms with Crippen LogP contribution in [0.15, 0.2) is 12.1 Å². The highest BCUT2D eigenvalue weighted by Gasteiger charge is 2.16. The third kappa shape index (κ3) is 4.00. The molecular formula is C15H25NO2. The summed E-state index contributed by atoms with van der Waals surface area (Å²) in [7, 11) is 1.67. The summed E-state index contributed by atoms with van der Waals surface area (Å²) in [5.41, 5.74) is 3.08. The van der Waals surface area contributed by atoms with Gasteiger partial charge in [-0.1, -0.05) is 0 Å². The number of aliphatic hydroxyl groups is 1. The molecule has 0 aliphatic carbocycles. The maximum atomic E-state index is 10.2. The van der Waals surface area contributed by atoms with Gasteiger partial charge in [0.05, 0.1) is 13.2 Å². The predicted octanol–water partition coefficient (Wildman–Crippen LogP) is 2.73. The Labute approximate surface area is 110 Å². The first-order valence-electron chi connectivity index (χ1n) is 6.33. The van der Waals surface area contributed by atoms with E-state index in [0.29, 0.717) is 6.54 Å². The highest BCUT2D eigenvalue weighted by molar-refractivity contribution is 5.42. The van der Waals surface area contributed by atoms with Crippen molar-refractivity contribution in [2.45, 2.75) is 46.3 Å². The van der Waals surface area contributed by atoms with E-state index in [-0.39, 0.29) is 5.54 Å². The van der Waals surface area contributed by atoms with Crippen LogP contribution < -0.4 is 10.1 Å². The lowest BCUT2D eigenvalue weighted by molar-refractivity contribution is 0.162. The van der Waals surface area contributed by atoms with E-state index in [0.717, 1.165) is 22.4 Å². The predicted molar refractivity (Wildman–Crippen MR) is 75.2 cm³/mol. The summed E-state index contributed by atoms with van der Waals surface area (Å²) in [6.45, 7) is 10.8. The maximum Gasteiger partial charge on any atom is 0.122 e. The Morgan fingerprint density at radius 2 is 1.83 bits per heavy atom. The van der Waals surface area contributed by atoms with Gasteiger partial charge in [0.2, 0.25) is 0 Å². The molecule has 1 aromatic rings. The third-order valence-corrected chi connectivity index (χ3v) is 2.97. The highest BCUT2D eigenvalue weighted by atomic mass is 16.5. The summed E-state index contributed by atoms with van der Waals surface area (Å²) >= 11 is 0. The van der Waals surface area contributed by atoms with E-state index in [1.807, 2.05) is 26.0 Å². The maximum absolute atomic E-state index is 10.2. The van der Waals surface area contributed by atoms with Crippen molar-refractivity contribution in [3.63, 3.8) is 0 Å². The van der Waals surface area contributed by atoms with Gasteiger partial charge in [-0.05, 0) is 63.4 Å². The normalized spacial score (nSPS) is 13.5. The molecule has 0 saturated heterocycles. The Morgan fingerprint density at radius 1 is 1.22 bits per heavy atom. The van der Waals surface area contributed by atoms with Crippen molar-refractivity contribution in [3.8, 4) is 5.75 Å². The van der Waals surface area contributed by atoms with Gasteiger partial charge in [0.1, 0.15) is 5.75 Å². The van der Waals surface area contributed by atoms with Crippen LogP contribution in [0.3, 0.4) is 0 Å². The molecule has 1 aromatic carbocycles. The molecule has 1 rings (SSSR count). The van der Waals surface area contributed by atoms with Gasteiger partial charge in [0, 0.05) is 12.1 Å². The minimum absolute atomic E-state index is 0.0103. The van der Waals surface area contributed by atoms with Gasteiger partial charge in [-0.15, -0.1) is 0 Å². The van der Waals surface area contributed by atoms with Crippen molar-refractivity contribution in [1.82, 2.24) is 5.32 Å². The third-order valence-electron chi connectivity index (χ3n) is 2.97. The summed E-state index contributed by atoms with van der Waals surface area (Å²) < 4.78 is 5.28. The summed E-state index contributed by atoms with van der Waals surface area (Å²) in [6, 6.07) is 3.98. The van der Waals surface area contributed by atoms with Gasteiger partial charge in [-0.3, -0.25) is 0 Å². The summed E-state index contributed by atoms with van der Waals surface area (Å²) in [5, 5.41) is 13.6. The highest BCUT2D eigenvalue weighted by Crippen LogP contribution is 2.26. The molecule has 2 N–H and O–H groups in total. The molecule has 0 aliphatic rings. The van der Waals surface area contributed by atoms with Crippen LogP contribution in [0.1, 0.15) is 43.6 Å². The number of hydrogen-bond donors (Lipinski definition) is 2. The van der Waals surface area contributed by atoms with E-state index < -0.39 is 6.10 Å². The minimum Gasteiger partial charge on any atom is -0.496 e. The Kier molecular flexibility index (Phi) is 4.77. The van der Waals surface area contributed by atoms with E-state index in [1.54, 1.807) is 7.11 Å². The van der Waals surface area contributed by atoms with Crippen LogP contribution in [-0.4, -0.2) is 24.3 Å². The monoisotopic (exact) mass is 251 g/mol. The average Bonchev–Trinajstić information content (AvgIpc) is 2.27. The molecule has 0 aliphatic heterocycles. The number of aliphatic hydroxyl groups excluding tert-OH is 1. The number of benzene rings is 1. The van der Waals surface area contributed by atoms with Crippen molar-refractivity contribution in [2.24, 2.45) is 0 Å². The quantitative estimate of drug-likeness (QED) is 0.864. The molecule has 0 heterocycles. The molecular weight excluding hydrogens is 226 g/mol. The van der Waals surface area contributed by atoms with Gasteiger partial charge >= 0.3 is 0 Å². The number of nitrogens with one attached hydrogen (secondary N) is 1. The van der Waals surface area contributed by atoms with E-state index in [9.17, 15) is 5.11 Å². The van der Waals surface area contributed by atoms with E-state index >= 15 is 0 Å². The van der Waals surface area contributed by atoms with Crippen LogP contribution in [0, 0.1) is 13.8 Å². The lowest BCUT2D eigenvalue weighted by Gasteiger charge is -2.24. The van der Waals surface area contributed by atoms with Crippen molar-refractivity contribution >= 4 is 0 Å². The number of rotatable bonds is 4. The van der Waals surface area contributed by atoms with Crippen molar-refractivity contribution < 1.29 is 9.84 Å². The second kappa shape index (κ2) is 5.72. The molecule has 0 radical (unpaired) electrons. The van der Waals surface area contributed by atoms with Crippen molar-refractivity contribution in [1.29, 1.82) is 0 Å². The molecule has 3 heteroatoms. The zero-order chi connectivity index (χ0) is 13.9. The van der Waals surface area contributed by atoms with E-state index in [2.05, 4.69) is 26.1 Å². The van der Waals surface area contributed by atoms with E-state index in [1.165, 1.54) is 0 Å². The molecule has 0 bridgehead atoms. The van der Waals surface area contributed by atoms with Gasteiger partial charge < -0.3 is 15.2 Å². The van der Waals surface area contributed by atoms with Crippen LogP contribution in [0.4, 0.5) is 0 Å². The van der Waals surface area contributed by atoms with Crippen LogP contribution in [0.25, 0.3) is 0 Å². The Morgan fingerprint density at radius 3 is 2.33 bits per heavy atom. The fourth-order valence-electron chi connectivity index (χ4n) is 1.90. The van der Waals surface area contributed by atoms with Crippen LogP contribution in [-0.2, 0) is 0 Å². The zero-order valence-electron chi connectivity index (χ0n) is 12.3. The molecule has 18 heavy (non-hydrogen) atoms. The lowest BCUT2D eigenvalue weighted by atomic mass is 9.99. The largest absolute Gasteiger partial charge is 0.496 e. The van der Waals surface area contributed by atoms with Gasteiger partial charge in [0.25, 0.3) is 0 Å². The smallest absolute Gasteiger partial charge is 0.122 e. The number of ether oxygens (including phenoxy) is 1. The first-order chi connectivity index (χ1) is 8.24. The molecule has 0 spiro atoms. The first kappa shape index (κ1) is 15.0. The van der Waals surface area contributed by atoms with Crippen molar-refractivity contribution in [2.75, 3.05) is 13.7 Å². The Balaban J connectivity index is 2.86. The first-order valence-corrected chi connectivity index (χ1v) is 6.33. The van der Waals surface area contributed by atoms with Crippen LogP contribution in [0.2, 0.25) is 0 Å². The SMILES string of the molecule is COc1cc(C)c(C(O)CNC(C)(C)C)cc1C. The minimum atomic E-state index is -0.492. The molecule has 3 nitrogen and oxygen atoms in total. The Hall–Kier alpha value is -1.06. The van der Waals surface area contributed by atoms with E-state index in [4.69, 9.17) is 4.74 Å². The van der Waals surface area contributed by atoms with Crippen molar-refractivity contribution in [3.05, 3.63) is 28.8 Å².